The summed E-state index contributed by atoms with van der Waals surface area (Å²) < 4.78 is 13.8. The van der Waals surface area contributed by atoms with Crippen LogP contribution in [0.4, 0.5) is 10.1 Å². The molecule has 0 spiro atoms. The van der Waals surface area contributed by atoms with Crippen molar-refractivity contribution in [1.82, 2.24) is 10.3 Å². The number of halogens is 1. The molecule has 0 saturated carbocycles. The maximum Gasteiger partial charge on any atom is 0.123 e. The monoisotopic (exact) mass is 335 g/mol. The Hall–Kier alpha value is -1.50. The molecule has 1 fully saturated rings. The number of thiazole rings is 1. The summed E-state index contributed by atoms with van der Waals surface area (Å²) in [5.74, 6) is -0.219. The van der Waals surface area contributed by atoms with Crippen LogP contribution in [0, 0.1) is 5.82 Å². The van der Waals surface area contributed by atoms with E-state index < -0.39 is 0 Å². The second-order valence-corrected chi connectivity index (χ2v) is 6.93. The highest BCUT2D eigenvalue weighted by molar-refractivity contribution is 7.09. The number of hydrogen-bond donors (Lipinski definition) is 2. The quantitative estimate of drug-likeness (QED) is 0.881. The summed E-state index contributed by atoms with van der Waals surface area (Å²) in [7, 11) is 0. The van der Waals surface area contributed by atoms with Crippen LogP contribution in [0.15, 0.2) is 29.8 Å². The molecule has 124 valence electrons. The van der Waals surface area contributed by atoms with Gasteiger partial charge in [-0.3, -0.25) is 0 Å². The highest BCUT2D eigenvalue weighted by Gasteiger charge is 2.21. The third-order valence-electron chi connectivity index (χ3n) is 4.30. The number of nitrogens with one attached hydrogen (secondary N) is 1. The fraction of sp³-hybridized carbons (Fsp3) is 0.471. The minimum atomic E-state index is -0.219. The van der Waals surface area contributed by atoms with Gasteiger partial charge in [0.1, 0.15) is 10.8 Å². The van der Waals surface area contributed by atoms with E-state index in [1.165, 1.54) is 6.07 Å². The van der Waals surface area contributed by atoms with Crippen molar-refractivity contribution in [1.29, 1.82) is 0 Å². The van der Waals surface area contributed by atoms with Crippen LogP contribution >= 0.6 is 11.3 Å². The van der Waals surface area contributed by atoms with Crippen LogP contribution in [0.2, 0.25) is 0 Å². The first-order chi connectivity index (χ1) is 11.1. The number of aliphatic hydroxyl groups is 1. The van der Waals surface area contributed by atoms with Crippen molar-refractivity contribution in [2.24, 2.45) is 0 Å². The molecule has 4 nitrogen and oxygen atoms in total. The lowest BCUT2D eigenvalue weighted by Crippen LogP contribution is -2.37. The molecule has 3 rings (SSSR count). The molecule has 6 heteroatoms. The van der Waals surface area contributed by atoms with Gasteiger partial charge in [0.15, 0.2) is 0 Å². The fourth-order valence-corrected chi connectivity index (χ4v) is 3.52. The fourth-order valence-electron chi connectivity index (χ4n) is 2.96. The maximum absolute atomic E-state index is 13.8. The smallest absolute Gasteiger partial charge is 0.123 e. The molecule has 1 aromatic heterocycles. The van der Waals surface area contributed by atoms with Crippen molar-refractivity contribution < 1.29 is 9.50 Å². The minimum absolute atomic E-state index is 0.0245. The van der Waals surface area contributed by atoms with Gasteiger partial charge in [-0.2, -0.15) is 0 Å². The first-order valence-electron chi connectivity index (χ1n) is 7.97. The van der Waals surface area contributed by atoms with E-state index in [1.807, 2.05) is 18.4 Å². The van der Waals surface area contributed by atoms with E-state index in [0.29, 0.717) is 6.54 Å². The lowest BCUT2D eigenvalue weighted by molar-refractivity contribution is 0.145. The highest BCUT2D eigenvalue weighted by atomic mass is 32.1. The van der Waals surface area contributed by atoms with Crippen LogP contribution in [-0.4, -0.2) is 29.3 Å². The molecule has 1 aliphatic rings. The summed E-state index contributed by atoms with van der Waals surface area (Å²) in [6, 6.07) is 5.00. The molecule has 1 aromatic carbocycles. The third kappa shape index (κ3) is 4.07. The van der Waals surface area contributed by atoms with Gasteiger partial charge < -0.3 is 15.3 Å². The van der Waals surface area contributed by atoms with Crippen LogP contribution in [-0.2, 0) is 6.54 Å². The van der Waals surface area contributed by atoms with E-state index in [9.17, 15) is 9.50 Å². The van der Waals surface area contributed by atoms with Crippen LogP contribution in [0.5, 0.6) is 0 Å². The number of nitrogens with zero attached hydrogens (tertiary/aromatic N) is 2. The van der Waals surface area contributed by atoms with Gasteiger partial charge in [0.25, 0.3) is 0 Å². The second-order valence-electron chi connectivity index (χ2n) is 5.95. The number of anilines is 1. The van der Waals surface area contributed by atoms with E-state index in [0.717, 1.165) is 42.2 Å². The first-order valence-corrected chi connectivity index (χ1v) is 8.85. The Morgan fingerprint density at radius 3 is 2.91 bits per heavy atom. The zero-order chi connectivity index (χ0) is 16.2. The lowest BCUT2D eigenvalue weighted by atomic mass is 10.0. The van der Waals surface area contributed by atoms with Gasteiger partial charge >= 0.3 is 0 Å². The Morgan fingerprint density at radius 1 is 1.43 bits per heavy atom. The van der Waals surface area contributed by atoms with Gasteiger partial charge in [-0.1, -0.05) is 0 Å². The van der Waals surface area contributed by atoms with E-state index in [2.05, 4.69) is 15.2 Å². The van der Waals surface area contributed by atoms with Crippen molar-refractivity contribution in [2.75, 3.05) is 18.0 Å². The average molecular weight is 335 g/mol. The van der Waals surface area contributed by atoms with Gasteiger partial charge in [0, 0.05) is 42.9 Å². The van der Waals surface area contributed by atoms with Crippen molar-refractivity contribution in [2.45, 2.75) is 38.5 Å². The Bertz CT molecular complexity index is 627. The predicted octanol–water partition coefficient (Wildman–Crippen LogP) is 3.09. The summed E-state index contributed by atoms with van der Waals surface area (Å²) in [5.41, 5.74) is 2.01. The molecule has 1 atom stereocenters. The van der Waals surface area contributed by atoms with Gasteiger partial charge in [0.05, 0.1) is 6.10 Å². The molecule has 1 unspecified atom stereocenters. The zero-order valence-corrected chi connectivity index (χ0v) is 14.0. The molecule has 2 N–H and O–H groups in total. The predicted molar refractivity (Wildman–Crippen MR) is 91.2 cm³/mol. The Balaban J connectivity index is 1.75. The topological polar surface area (TPSA) is 48.4 Å². The van der Waals surface area contributed by atoms with Crippen LogP contribution < -0.4 is 10.2 Å². The largest absolute Gasteiger partial charge is 0.393 e. The molecule has 1 saturated heterocycles. The number of rotatable bonds is 5. The van der Waals surface area contributed by atoms with Crippen molar-refractivity contribution in [3.8, 4) is 0 Å². The van der Waals surface area contributed by atoms with E-state index in [1.54, 1.807) is 23.6 Å². The summed E-state index contributed by atoms with van der Waals surface area (Å²) in [6.45, 7) is 4.33. The lowest BCUT2D eigenvalue weighted by Gasteiger charge is -2.34. The molecule has 0 amide bonds. The summed E-state index contributed by atoms with van der Waals surface area (Å²) in [4.78, 5) is 6.50. The number of hydrogen-bond acceptors (Lipinski definition) is 5. The third-order valence-corrected chi connectivity index (χ3v) is 5.08. The van der Waals surface area contributed by atoms with Gasteiger partial charge in [-0.05, 0) is 43.5 Å². The van der Waals surface area contributed by atoms with Crippen LogP contribution in [0.1, 0.15) is 36.4 Å². The standard InChI is InChI=1S/C17H22FN3OS/c1-12(20-11-17-19-6-9-23-17)15-10-13(18)2-3-16(15)21-7-4-14(22)5-8-21/h2-3,6,9-10,12,14,20,22H,4-5,7-8,11H2,1H3. The molecule has 23 heavy (non-hydrogen) atoms. The zero-order valence-electron chi connectivity index (χ0n) is 13.2. The molecular formula is C17H22FN3OS. The number of benzene rings is 1. The molecule has 0 bridgehead atoms. The molecule has 1 aliphatic heterocycles. The number of piperidine rings is 1. The van der Waals surface area contributed by atoms with Gasteiger partial charge in [-0.15, -0.1) is 11.3 Å². The highest BCUT2D eigenvalue weighted by Crippen LogP contribution is 2.30. The summed E-state index contributed by atoms with van der Waals surface area (Å²) in [6.07, 6.45) is 3.10. The number of aromatic nitrogens is 1. The SMILES string of the molecule is CC(NCc1nccs1)c1cc(F)ccc1N1CCC(O)CC1. The normalized spacial score (nSPS) is 17.4. The van der Waals surface area contributed by atoms with Crippen molar-refractivity contribution in [3.63, 3.8) is 0 Å². The summed E-state index contributed by atoms with van der Waals surface area (Å²) in [5, 5.41) is 16.1. The molecule has 2 aromatic rings. The maximum atomic E-state index is 13.8. The van der Waals surface area contributed by atoms with Gasteiger partial charge in [-0.25, -0.2) is 9.37 Å². The Kier molecular flexibility index (Phi) is 5.25. The van der Waals surface area contributed by atoms with E-state index in [4.69, 9.17) is 0 Å². The molecular weight excluding hydrogens is 313 g/mol. The molecule has 0 aliphatic carbocycles. The van der Waals surface area contributed by atoms with Gasteiger partial charge in [0.2, 0.25) is 0 Å². The van der Waals surface area contributed by atoms with Crippen LogP contribution in [0.3, 0.4) is 0 Å². The molecule has 2 heterocycles. The number of aliphatic hydroxyl groups excluding tert-OH is 1. The molecule has 0 radical (unpaired) electrons. The minimum Gasteiger partial charge on any atom is -0.393 e. The van der Waals surface area contributed by atoms with E-state index >= 15 is 0 Å². The summed E-state index contributed by atoms with van der Waals surface area (Å²) >= 11 is 1.61. The average Bonchev–Trinajstić information content (AvgIpc) is 3.07. The Labute approximate surface area is 140 Å². The Morgan fingerprint density at radius 2 is 2.22 bits per heavy atom. The van der Waals surface area contributed by atoms with Crippen molar-refractivity contribution >= 4 is 17.0 Å². The first kappa shape index (κ1) is 16.4. The van der Waals surface area contributed by atoms with Crippen molar-refractivity contribution in [3.05, 3.63) is 46.2 Å². The van der Waals surface area contributed by atoms with E-state index in [-0.39, 0.29) is 18.0 Å². The second kappa shape index (κ2) is 7.38. The van der Waals surface area contributed by atoms with Crippen LogP contribution in [0.25, 0.3) is 0 Å².